The summed E-state index contributed by atoms with van der Waals surface area (Å²) < 4.78 is 24.9. The maximum atomic E-state index is 12.4. The second kappa shape index (κ2) is 8.14. The SMILES string of the molecule is OCCCCCNCc1cccc(C(F)F)c1. The molecule has 0 aromatic heterocycles. The van der Waals surface area contributed by atoms with Crippen LogP contribution >= 0.6 is 0 Å². The number of benzene rings is 1. The molecule has 0 amide bonds. The number of rotatable bonds is 8. The molecular weight excluding hydrogens is 224 g/mol. The van der Waals surface area contributed by atoms with Crippen molar-refractivity contribution in [2.24, 2.45) is 0 Å². The molecule has 0 saturated carbocycles. The van der Waals surface area contributed by atoms with Crippen molar-refractivity contribution in [1.29, 1.82) is 0 Å². The van der Waals surface area contributed by atoms with E-state index in [4.69, 9.17) is 5.11 Å². The summed E-state index contributed by atoms with van der Waals surface area (Å²) in [4.78, 5) is 0. The van der Waals surface area contributed by atoms with Crippen molar-refractivity contribution in [1.82, 2.24) is 5.32 Å². The smallest absolute Gasteiger partial charge is 0.263 e. The summed E-state index contributed by atoms with van der Waals surface area (Å²) >= 11 is 0. The summed E-state index contributed by atoms with van der Waals surface area (Å²) in [7, 11) is 0. The first-order chi connectivity index (χ1) is 8.24. The zero-order valence-corrected chi connectivity index (χ0v) is 9.83. The van der Waals surface area contributed by atoms with Gasteiger partial charge in [-0.2, -0.15) is 0 Å². The summed E-state index contributed by atoms with van der Waals surface area (Å²) in [6, 6.07) is 6.47. The van der Waals surface area contributed by atoms with E-state index in [9.17, 15) is 8.78 Å². The third kappa shape index (κ3) is 5.75. The van der Waals surface area contributed by atoms with Crippen molar-refractivity contribution >= 4 is 0 Å². The number of hydrogen-bond donors (Lipinski definition) is 2. The Morgan fingerprint density at radius 1 is 1.18 bits per heavy atom. The molecule has 0 spiro atoms. The maximum absolute atomic E-state index is 12.4. The Morgan fingerprint density at radius 2 is 2.00 bits per heavy atom. The fourth-order valence-electron chi connectivity index (χ4n) is 1.61. The van der Waals surface area contributed by atoms with E-state index in [0.717, 1.165) is 31.4 Å². The van der Waals surface area contributed by atoms with Crippen molar-refractivity contribution in [3.63, 3.8) is 0 Å². The van der Waals surface area contributed by atoms with Gasteiger partial charge in [-0.3, -0.25) is 0 Å². The van der Waals surface area contributed by atoms with Crippen LogP contribution in [0.25, 0.3) is 0 Å². The first kappa shape index (κ1) is 14.1. The molecule has 1 aromatic carbocycles. The lowest BCUT2D eigenvalue weighted by Crippen LogP contribution is -2.14. The van der Waals surface area contributed by atoms with Crippen LogP contribution in [0, 0.1) is 0 Å². The summed E-state index contributed by atoms with van der Waals surface area (Å²) in [6.07, 6.45) is 0.401. The highest BCUT2D eigenvalue weighted by Crippen LogP contribution is 2.19. The maximum Gasteiger partial charge on any atom is 0.263 e. The quantitative estimate of drug-likeness (QED) is 0.688. The molecule has 0 heterocycles. The van der Waals surface area contributed by atoms with Crippen molar-refractivity contribution < 1.29 is 13.9 Å². The highest BCUT2D eigenvalue weighted by molar-refractivity contribution is 5.24. The molecule has 0 radical (unpaired) electrons. The normalized spacial score (nSPS) is 11.1. The van der Waals surface area contributed by atoms with Gasteiger partial charge in [0.2, 0.25) is 0 Å². The van der Waals surface area contributed by atoms with Crippen LogP contribution in [0.4, 0.5) is 8.78 Å². The molecule has 2 nitrogen and oxygen atoms in total. The van der Waals surface area contributed by atoms with Gasteiger partial charge in [0, 0.05) is 18.7 Å². The topological polar surface area (TPSA) is 32.3 Å². The fourth-order valence-corrected chi connectivity index (χ4v) is 1.61. The lowest BCUT2D eigenvalue weighted by molar-refractivity contribution is 0.151. The van der Waals surface area contributed by atoms with Gasteiger partial charge in [0.1, 0.15) is 0 Å². The van der Waals surface area contributed by atoms with Gasteiger partial charge in [0.15, 0.2) is 0 Å². The minimum absolute atomic E-state index is 0.0737. The molecule has 0 saturated heterocycles. The van der Waals surface area contributed by atoms with Gasteiger partial charge in [-0.25, -0.2) is 8.78 Å². The minimum atomic E-state index is -2.40. The number of unbranched alkanes of at least 4 members (excludes halogenated alkanes) is 2. The van der Waals surface area contributed by atoms with Crippen molar-refractivity contribution in [3.8, 4) is 0 Å². The lowest BCUT2D eigenvalue weighted by Gasteiger charge is -2.06. The first-order valence-electron chi connectivity index (χ1n) is 5.92. The number of alkyl halides is 2. The van der Waals surface area contributed by atoms with Crippen molar-refractivity contribution in [3.05, 3.63) is 35.4 Å². The van der Waals surface area contributed by atoms with E-state index in [1.165, 1.54) is 12.1 Å². The summed E-state index contributed by atoms with van der Waals surface area (Å²) in [5.74, 6) is 0. The van der Waals surface area contributed by atoms with Crippen molar-refractivity contribution in [2.75, 3.05) is 13.2 Å². The van der Waals surface area contributed by atoms with E-state index in [2.05, 4.69) is 5.32 Å². The second-order valence-corrected chi connectivity index (χ2v) is 4.01. The van der Waals surface area contributed by atoms with E-state index < -0.39 is 6.43 Å². The number of nitrogens with one attached hydrogen (secondary N) is 1. The molecule has 2 N–H and O–H groups in total. The number of aliphatic hydroxyl groups is 1. The van der Waals surface area contributed by atoms with E-state index in [0.29, 0.717) is 6.54 Å². The van der Waals surface area contributed by atoms with Gasteiger partial charge in [-0.1, -0.05) is 18.2 Å². The average molecular weight is 243 g/mol. The van der Waals surface area contributed by atoms with E-state index in [1.54, 1.807) is 6.07 Å². The monoisotopic (exact) mass is 243 g/mol. The minimum Gasteiger partial charge on any atom is -0.396 e. The molecule has 1 rings (SSSR count). The van der Waals surface area contributed by atoms with Crippen LogP contribution in [0.1, 0.15) is 36.8 Å². The van der Waals surface area contributed by atoms with Gasteiger partial charge in [0.25, 0.3) is 6.43 Å². The van der Waals surface area contributed by atoms with Crippen LogP contribution in [0.15, 0.2) is 24.3 Å². The van der Waals surface area contributed by atoms with Crippen LogP contribution in [0.2, 0.25) is 0 Å². The molecular formula is C13H19F2NO. The lowest BCUT2D eigenvalue weighted by atomic mass is 10.1. The largest absolute Gasteiger partial charge is 0.396 e. The third-order valence-electron chi connectivity index (χ3n) is 2.54. The van der Waals surface area contributed by atoms with Crippen molar-refractivity contribution in [2.45, 2.75) is 32.2 Å². The van der Waals surface area contributed by atoms with Gasteiger partial charge in [-0.15, -0.1) is 0 Å². The summed E-state index contributed by atoms with van der Waals surface area (Å²) in [5.41, 5.74) is 0.953. The van der Waals surface area contributed by atoms with Crippen LogP contribution in [0.3, 0.4) is 0 Å². The van der Waals surface area contributed by atoms with E-state index in [1.807, 2.05) is 6.07 Å². The van der Waals surface area contributed by atoms with Gasteiger partial charge in [-0.05, 0) is 37.4 Å². The first-order valence-corrected chi connectivity index (χ1v) is 5.92. The average Bonchev–Trinajstić information content (AvgIpc) is 2.34. The molecule has 0 fully saturated rings. The molecule has 0 aliphatic rings. The van der Waals surface area contributed by atoms with Gasteiger partial charge < -0.3 is 10.4 Å². The van der Waals surface area contributed by atoms with Gasteiger partial charge in [0.05, 0.1) is 0 Å². The Bertz CT molecular complexity index is 318. The molecule has 0 unspecified atom stereocenters. The Hall–Kier alpha value is -1.00. The van der Waals surface area contributed by atoms with Crippen LogP contribution in [-0.4, -0.2) is 18.3 Å². The van der Waals surface area contributed by atoms with Crippen LogP contribution in [0.5, 0.6) is 0 Å². The molecule has 0 atom stereocenters. The Kier molecular flexibility index (Phi) is 6.74. The van der Waals surface area contributed by atoms with E-state index >= 15 is 0 Å². The highest BCUT2D eigenvalue weighted by atomic mass is 19.3. The molecule has 0 aliphatic carbocycles. The molecule has 96 valence electrons. The predicted octanol–water partition coefficient (Wildman–Crippen LogP) is 2.88. The summed E-state index contributed by atoms with van der Waals surface area (Å²) in [6.45, 7) is 1.69. The Morgan fingerprint density at radius 3 is 2.71 bits per heavy atom. The Labute approximate surface area is 101 Å². The molecule has 0 bridgehead atoms. The standard InChI is InChI=1S/C13H19F2NO/c14-13(15)12-6-4-5-11(9-12)10-16-7-2-1-3-8-17/h4-6,9,13,16-17H,1-3,7-8,10H2. The van der Waals surface area contributed by atoms with Crippen LogP contribution < -0.4 is 5.32 Å². The fraction of sp³-hybridized carbons (Fsp3) is 0.538. The number of aliphatic hydroxyl groups excluding tert-OH is 1. The zero-order chi connectivity index (χ0) is 12.5. The molecule has 1 aromatic rings. The number of hydrogen-bond acceptors (Lipinski definition) is 2. The second-order valence-electron chi connectivity index (χ2n) is 4.01. The molecule has 17 heavy (non-hydrogen) atoms. The predicted molar refractivity (Wildman–Crippen MR) is 64.0 cm³/mol. The highest BCUT2D eigenvalue weighted by Gasteiger charge is 2.06. The number of halogens is 2. The molecule has 4 heteroatoms. The molecule has 0 aliphatic heterocycles. The summed E-state index contributed by atoms with van der Waals surface area (Å²) in [5, 5.41) is 11.8. The van der Waals surface area contributed by atoms with E-state index in [-0.39, 0.29) is 12.2 Å². The zero-order valence-electron chi connectivity index (χ0n) is 9.83. The van der Waals surface area contributed by atoms with Gasteiger partial charge >= 0.3 is 0 Å². The third-order valence-corrected chi connectivity index (χ3v) is 2.54. The van der Waals surface area contributed by atoms with Crippen LogP contribution in [-0.2, 0) is 6.54 Å². The Balaban J connectivity index is 2.24.